The Morgan fingerprint density at radius 1 is 1.14 bits per heavy atom. The number of carbonyl (C=O) groups excluding carboxylic acids is 1. The molecule has 0 aliphatic carbocycles. The standard InChI is InChI=1S/C22H23N3O3/c1-16-10-12-17(13-11-16)21-23-22(28-24-21)19-9-5-6-14-25(19)20(26)15-27-18-7-3-2-4-8-18/h2-4,7-8,10-13,19H,5-6,9,14-15H2,1H3/t19-/m1/s1. The summed E-state index contributed by atoms with van der Waals surface area (Å²) in [7, 11) is 0. The number of benzene rings is 2. The fraction of sp³-hybridized carbons (Fsp3) is 0.318. The highest BCUT2D eigenvalue weighted by Gasteiger charge is 2.32. The maximum atomic E-state index is 12.8. The van der Waals surface area contributed by atoms with Crippen molar-refractivity contribution < 1.29 is 14.1 Å². The van der Waals surface area contributed by atoms with Crippen molar-refractivity contribution in [3.05, 3.63) is 66.1 Å². The average Bonchev–Trinajstić information content (AvgIpc) is 3.23. The fourth-order valence-electron chi connectivity index (χ4n) is 3.42. The molecule has 0 radical (unpaired) electrons. The van der Waals surface area contributed by atoms with Gasteiger partial charge in [-0.25, -0.2) is 0 Å². The molecule has 1 fully saturated rings. The molecule has 0 N–H and O–H groups in total. The molecule has 1 saturated heterocycles. The number of hydrogen-bond acceptors (Lipinski definition) is 5. The molecule has 2 aromatic carbocycles. The third-order valence-corrected chi connectivity index (χ3v) is 4.97. The van der Waals surface area contributed by atoms with Gasteiger partial charge in [0.05, 0.1) is 0 Å². The second-order valence-electron chi connectivity index (χ2n) is 7.02. The van der Waals surface area contributed by atoms with Crippen molar-refractivity contribution in [3.8, 4) is 17.1 Å². The molecule has 6 nitrogen and oxygen atoms in total. The molecule has 1 aliphatic heterocycles. The predicted octanol–water partition coefficient (Wildman–Crippen LogP) is 4.18. The highest BCUT2D eigenvalue weighted by molar-refractivity contribution is 5.78. The molecule has 144 valence electrons. The van der Waals surface area contributed by atoms with E-state index in [1.165, 1.54) is 5.56 Å². The van der Waals surface area contributed by atoms with Gasteiger partial charge in [-0.15, -0.1) is 0 Å². The summed E-state index contributed by atoms with van der Waals surface area (Å²) in [6.07, 6.45) is 2.80. The molecule has 4 rings (SSSR count). The summed E-state index contributed by atoms with van der Waals surface area (Å²) in [6.45, 7) is 2.71. The van der Waals surface area contributed by atoms with Crippen LogP contribution in [-0.2, 0) is 4.79 Å². The molecule has 2 heterocycles. The van der Waals surface area contributed by atoms with Crippen LogP contribution in [-0.4, -0.2) is 34.1 Å². The molecular formula is C22H23N3O3. The molecule has 3 aromatic rings. The third-order valence-electron chi connectivity index (χ3n) is 4.97. The molecule has 28 heavy (non-hydrogen) atoms. The number of rotatable bonds is 5. The maximum absolute atomic E-state index is 12.8. The summed E-state index contributed by atoms with van der Waals surface area (Å²) in [5, 5.41) is 4.12. The number of carbonyl (C=O) groups is 1. The summed E-state index contributed by atoms with van der Waals surface area (Å²) in [5.41, 5.74) is 2.08. The Labute approximate surface area is 164 Å². The van der Waals surface area contributed by atoms with Crippen LogP contribution in [0.4, 0.5) is 0 Å². The largest absolute Gasteiger partial charge is 0.484 e. The van der Waals surface area contributed by atoms with Crippen LogP contribution < -0.4 is 4.74 Å². The third kappa shape index (κ3) is 4.06. The lowest BCUT2D eigenvalue weighted by molar-refractivity contribution is -0.138. The molecule has 1 aliphatic rings. The van der Waals surface area contributed by atoms with E-state index in [0.717, 1.165) is 24.8 Å². The normalized spacial score (nSPS) is 16.8. The van der Waals surface area contributed by atoms with Crippen LogP contribution in [0.5, 0.6) is 5.75 Å². The van der Waals surface area contributed by atoms with Crippen LogP contribution in [0.25, 0.3) is 11.4 Å². The number of piperidine rings is 1. The van der Waals surface area contributed by atoms with Crippen LogP contribution in [0.2, 0.25) is 0 Å². The van der Waals surface area contributed by atoms with Gasteiger partial charge in [0.1, 0.15) is 11.8 Å². The summed E-state index contributed by atoms with van der Waals surface area (Å²) in [6, 6.07) is 17.1. The summed E-state index contributed by atoms with van der Waals surface area (Å²) in [5.74, 6) is 1.66. The second-order valence-corrected chi connectivity index (χ2v) is 7.02. The van der Waals surface area contributed by atoms with Gasteiger partial charge in [-0.2, -0.15) is 4.98 Å². The van der Waals surface area contributed by atoms with Crippen LogP contribution >= 0.6 is 0 Å². The first-order chi connectivity index (χ1) is 13.7. The minimum Gasteiger partial charge on any atom is -0.484 e. The number of ether oxygens (including phenoxy) is 1. The van der Waals surface area contributed by atoms with Crippen LogP contribution in [0.1, 0.15) is 36.8 Å². The fourth-order valence-corrected chi connectivity index (χ4v) is 3.42. The van der Waals surface area contributed by atoms with E-state index in [9.17, 15) is 4.79 Å². The first-order valence-corrected chi connectivity index (χ1v) is 9.59. The van der Waals surface area contributed by atoms with Crippen molar-refractivity contribution in [2.75, 3.05) is 13.2 Å². The van der Waals surface area contributed by atoms with E-state index in [2.05, 4.69) is 10.1 Å². The highest BCUT2D eigenvalue weighted by atomic mass is 16.5. The van der Waals surface area contributed by atoms with Crippen LogP contribution in [0.15, 0.2) is 59.1 Å². The van der Waals surface area contributed by atoms with Gasteiger partial charge in [-0.1, -0.05) is 53.2 Å². The van der Waals surface area contributed by atoms with E-state index in [1.54, 1.807) is 4.90 Å². The SMILES string of the molecule is Cc1ccc(-c2noc([C@H]3CCCCN3C(=O)COc3ccccc3)n2)cc1. The molecule has 0 unspecified atom stereocenters. The molecule has 1 aromatic heterocycles. The smallest absolute Gasteiger partial charge is 0.261 e. The van der Waals surface area contributed by atoms with Gasteiger partial charge < -0.3 is 14.2 Å². The molecule has 0 bridgehead atoms. The Morgan fingerprint density at radius 3 is 2.71 bits per heavy atom. The lowest BCUT2D eigenvalue weighted by Gasteiger charge is -2.33. The van der Waals surface area contributed by atoms with Gasteiger partial charge in [-0.3, -0.25) is 4.79 Å². The minimum absolute atomic E-state index is 0.000526. The van der Waals surface area contributed by atoms with E-state index >= 15 is 0 Å². The number of amides is 1. The highest BCUT2D eigenvalue weighted by Crippen LogP contribution is 2.31. The van der Waals surface area contributed by atoms with E-state index < -0.39 is 0 Å². The first-order valence-electron chi connectivity index (χ1n) is 9.59. The second kappa shape index (κ2) is 8.25. The van der Waals surface area contributed by atoms with E-state index in [0.29, 0.717) is 24.0 Å². The Bertz CT molecular complexity index is 922. The lowest BCUT2D eigenvalue weighted by atomic mass is 10.0. The Balaban J connectivity index is 1.47. The van der Waals surface area contributed by atoms with Gasteiger partial charge in [0, 0.05) is 12.1 Å². The zero-order chi connectivity index (χ0) is 19.3. The average molecular weight is 377 g/mol. The van der Waals surface area contributed by atoms with Crippen LogP contribution in [0, 0.1) is 6.92 Å². The number of likely N-dealkylation sites (tertiary alicyclic amines) is 1. The van der Waals surface area contributed by atoms with Gasteiger partial charge in [0.2, 0.25) is 11.7 Å². The number of hydrogen-bond donors (Lipinski definition) is 0. The van der Waals surface area contributed by atoms with Crippen LogP contribution in [0.3, 0.4) is 0 Å². The number of aryl methyl sites for hydroxylation is 1. The monoisotopic (exact) mass is 377 g/mol. The zero-order valence-electron chi connectivity index (χ0n) is 15.9. The van der Waals surface area contributed by atoms with Crippen molar-refractivity contribution in [1.29, 1.82) is 0 Å². The van der Waals surface area contributed by atoms with Crippen molar-refractivity contribution >= 4 is 5.91 Å². The number of nitrogens with zero attached hydrogens (tertiary/aromatic N) is 3. The van der Waals surface area contributed by atoms with Crippen molar-refractivity contribution in [3.63, 3.8) is 0 Å². The topological polar surface area (TPSA) is 68.5 Å². The number of para-hydroxylation sites is 1. The van der Waals surface area contributed by atoms with Gasteiger partial charge in [0.15, 0.2) is 6.61 Å². The molecule has 1 atom stereocenters. The van der Waals surface area contributed by atoms with Crippen molar-refractivity contribution in [2.24, 2.45) is 0 Å². The molecule has 6 heteroatoms. The number of aromatic nitrogens is 2. The minimum atomic E-state index is -0.202. The van der Waals surface area contributed by atoms with Crippen molar-refractivity contribution in [1.82, 2.24) is 15.0 Å². The van der Waals surface area contributed by atoms with Gasteiger partial charge in [-0.05, 0) is 38.3 Å². The predicted molar refractivity (Wildman–Crippen MR) is 105 cm³/mol. The molecule has 0 spiro atoms. The zero-order valence-corrected chi connectivity index (χ0v) is 15.9. The Kier molecular flexibility index (Phi) is 5.37. The van der Waals surface area contributed by atoms with Gasteiger partial charge in [0.25, 0.3) is 5.91 Å². The van der Waals surface area contributed by atoms with E-state index in [1.807, 2.05) is 61.5 Å². The van der Waals surface area contributed by atoms with Gasteiger partial charge >= 0.3 is 0 Å². The van der Waals surface area contributed by atoms with E-state index in [-0.39, 0.29) is 18.6 Å². The van der Waals surface area contributed by atoms with Crippen molar-refractivity contribution in [2.45, 2.75) is 32.2 Å². The molecular weight excluding hydrogens is 354 g/mol. The summed E-state index contributed by atoms with van der Waals surface area (Å²) >= 11 is 0. The van der Waals surface area contributed by atoms with E-state index in [4.69, 9.17) is 9.26 Å². The first kappa shape index (κ1) is 18.2. The Hall–Kier alpha value is -3.15. The summed E-state index contributed by atoms with van der Waals surface area (Å²) in [4.78, 5) is 19.2. The summed E-state index contributed by atoms with van der Waals surface area (Å²) < 4.78 is 11.2. The molecule has 1 amide bonds. The quantitative estimate of drug-likeness (QED) is 0.667. The Morgan fingerprint density at radius 2 is 1.93 bits per heavy atom. The lowest BCUT2D eigenvalue weighted by Crippen LogP contribution is -2.41. The molecule has 0 saturated carbocycles. The maximum Gasteiger partial charge on any atom is 0.261 e.